The van der Waals surface area contributed by atoms with E-state index in [4.69, 9.17) is 0 Å². The topological polar surface area (TPSA) is 38.3 Å². The van der Waals surface area contributed by atoms with Crippen LogP contribution in [0, 0.1) is 5.82 Å². The number of benzene rings is 1. The molecule has 4 heteroatoms. The highest BCUT2D eigenvalue weighted by Gasteiger charge is 2.10. The summed E-state index contributed by atoms with van der Waals surface area (Å²) in [6, 6.07) is 6.25. The summed E-state index contributed by atoms with van der Waals surface area (Å²) in [5.74, 6) is -0.638. The molecule has 1 rings (SSSR count). The van der Waals surface area contributed by atoms with Crippen molar-refractivity contribution in [3.8, 4) is 0 Å². The van der Waals surface area contributed by atoms with E-state index >= 15 is 0 Å². The highest BCUT2D eigenvalue weighted by atomic mass is 19.1. The van der Waals surface area contributed by atoms with Crippen LogP contribution < -0.4 is 5.32 Å². The number of nitrogens with one attached hydrogen (secondary N) is 1. The average Bonchev–Trinajstić information content (AvgIpc) is 2.26. The first-order valence-electron chi connectivity index (χ1n) is 4.69. The third kappa shape index (κ3) is 3.32. The number of ether oxygens (including phenoxy) is 1. The van der Waals surface area contributed by atoms with Gasteiger partial charge in [-0.2, -0.15) is 0 Å². The van der Waals surface area contributed by atoms with Gasteiger partial charge < -0.3 is 10.1 Å². The van der Waals surface area contributed by atoms with Crippen molar-refractivity contribution in [1.82, 2.24) is 5.32 Å². The molecule has 0 aliphatic heterocycles. The lowest BCUT2D eigenvalue weighted by molar-refractivity contribution is -0.139. The maximum atomic E-state index is 13.3. The monoisotopic (exact) mass is 211 g/mol. The van der Waals surface area contributed by atoms with Gasteiger partial charge in [-0.1, -0.05) is 18.2 Å². The van der Waals surface area contributed by atoms with Gasteiger partial charge in [0.15, 0.2) is 0 Å². The van der Waals surface area contributed by atoms with E-state index < -0.39 is 0 Å². The second-order valence-corrected chi connectivity index (χ2v) is 3.20. The van der Waals surface area contributed by atoms with E-state index in [1.165, 1.54) is 13.2 Å². The molecule has 1 unspecified atom stereocenters. The zero-order valence-corrected chi connectivity index (χ0v) is 8.79. The van der Waals surface area contributed by atoms with E-state index in [1.807, 2.05) is 0 Å². The standard InChI is InChI=1S/C11H14FNO2/c1-8(13-7-11(14)15-2)9-5-3-4-6-10(9)12/h3-6,8,13H,7H2,1-2H3. The molecule has 0 saturated carbocycles. The summed E-state index contributed by atoms with van der Waals surface area (Å²) < 4.78 is 17.8. The van der Waals surface area contributed by atoms with Crippen molar-refractivity contribution in [1.29, 1.82) is 0 Å². The molecule has 0 heterocycles. The number of methoxy groups -OCH3 is 1. The molecule has 0 bridgehead atoms. The largest absolute Gasteiger partial charge is 0.468 e. The Morgan fingerprint density at radius 3 is 2.80 bits per heavy atom. The Morgan fingerprint density at radius 2 is 2.20 bits per heavy atom. The first kappa shape index (κ1) is 11.7. The van der Waals surface area contributed by atoms with Crippen molar-refractivity contribution in [3.63, 3.8) is 0 Å². The van der Waals surface area contributed by atoms with Crippen LogP contribution in [-0.2, 0) is 9.53 Å². The molecule has 0 fully saturated rings. The predicted molar refractivity (Wildman–Crippen MR) is 54.8 cm³/mol. The molecule has 1 atom stereocenters. The fourth-order valence-electron chi connectivity index (χ4n) is 1.24. The van der Waals surface area contributed by atoms with Crippen LogP contribution in [0.5, 0.6) is 0 Å². The maximum Gasteiger partial charge on any atom is 0.319 e. The van der Waals surface area contributed by atoms with Gasteiger partial charge in [0, 0.05) is 11.6 Å². The number of esters is 1. The molecule has 15 heavy (non-hydrogen) atoms. The third-order valence-corrected chi connectivity index (χ3v) is 2.15. The minimum absolute atomic E-state index is 0.0754. The molecule has 82 valence electrons. The van der Waals surface area contributed by atoms with Gasteiger partial charge >= 0.3 is 5.97 Å². The Balaban J connectivity index is 2.57. The van der Waals surface area contributed by atoms with E-state index in [0.29, 0.717) is 5.56 Å². The molecular formula is C11H14FNO2. The van der Waals surface area contributed by atoms with E-state index in [2.05, 4.69) is 10.1 Å². The van der Waals surface area contributed by atoms with Crippen LogP contribution in [0.25, 0.3) is 0 Å². The van der Waals surface area contributed by atoms with Crippen molar-refractivity contribution >= 4 is 5.97 Å². The van der Waals surface area contributed by atoms with Gasteiger partial charge in [0.2, 0.25) is 0 Å². The summed E-state index contributed by atoms with van der Waals surface area (Å²) in [5.41, 5.74) is 0.543. The first-order chi connectivity index (χ1) is 7.15. The molecule has 1 N–H and O–H groups in total. The van der Waals surface area contributed by atoms with E-state index in [9.17, 15) is 9.18 Å². The van der Waals surface area contributed by atoms with Crippen LogP contribution in [0.2, 0.25) is 0 Å². The van der Waals surface area contributed by atoms with Gasteiger partial charge in [-0.15, -0.1) is 0 Å². The summed E-state index contributed by atoms with van der Waals surface area (Å²) in [5, 5.41) is 2.88. The molecule has 0 amide bonds. The zero-order valence-electron chi connectivity index (χ0n) is 8.79. The van der Waals surface area contributed by atoms with Crippen LogP contribution in [0.15, 0.2) is 24.3 Å². The lowest BCUT2D eigenvalue weighted by Crippen LogP contribution is -2.27. The van der Waals surface area contributed by atoms with Crippen LogP contribution in [-0.4, -0.2) is 19.6 Å². The highest BCUT2D eigenvalue weighted by molar-refractivity contribution is 5.71. The molecule has 0 aromatic heterocycles. The maximum absolute atomic E-state index is 13.3. The normalized spacial score (nSPS) is 12.2. The number of hydrogen-bond acceptors (Lipinski definition) is 3. The molecular weight excluding hydrogens is 197 g/mol. The van der Waals surface area contributed by atoms with Crippen molar-refractivity contribution < 1.29 is 13.9 Å². The van der Waals surface area contributed by atoms with Crippen LogP contribution in [0.3, 0.4) is 0 Å². The molecule has 0 radical (unpaired) electrons. The summed E-state index contributed by atoms with van der Waals surface area (Å²) in [4.78, 5) is 10.9. The van der Waals surface area contributed by atoms with Crippen molar-refractivity contribution in [3.05, 3.63) is 35.6 Å². The van der Waals surface area contributed by atoms with Crippen molar-refractivity contribution in [2.45, 2.75) is 13.0 Å². The number of carbonyl (C=O) groups excluding carboxylic acids is 1. The summed E-state index contributed by atoms with van der Waals surface area (Å²) in [6.45, 7) is 1.87. The van der Waals surface area contributed by atoms with Gasteiger partial charge in [-0.3, -0.25) is 4.79 Å². The zero-order chi connectivity index (χ0) is 11.3. The van der Waals surface area contributed by atoms with Gasteiger partial charge in [0.1, 0.15) is 5.82 Å². The SMILES string of the molecule is COC(=O)CNC(C)c1ccccc1F. The molecule has 0 aliphatic rings. The average molecular weight is 211 g/mol. The van der Waals surface area contributed by atoms with E-state index in [1.54, 1.807) is 25.1 Å². The van der Waals surface area contributed by atoms with Gasteiger partial charge in [-0.05, 0) is 13.0 Å². The Labute approximate surface area is 88.2 Å². The molecule has 1 aromatic rings. The quantitative estimate of drug-likeness (QED) is 0.769. The smallest absolute Gasteiger partial charge is 0.319 e. The van der Waals surface area contributed by atoms with Gasteiger partial charge in [-0.25, -0.2) is 4.39 Å². The minimum Gasteiger partial charge on any atom is -0.468 e. The molecule has 0 spiro atoms. The lowest BCUT2D eigenvalue weighted by Gasteiger charge is -2.13. The van der Waals surface area contributed by atoms with Gasteiger partial charge in [0.25, 0.3) is 0 Å². The summed E-state index contributed by atoms with van der Waals surface area (Å²) in [7, 11) is 1.32. The first-order valence-corrected chi connectivity index (χ1v) is 4.69. The number of rotatable bonds is 4. The number of halogens is 1. The predicted octanol–water partition coefficient (Wildman–Crippen LogP) is 1.65. The van der Waals surface area contributed by atoms with Crippen LogP contribution in [0.4, 0.5) is 4.39 Å². The highest BCUT2D eigenvalue weighted by Crippen LogP contribution is 2.15. The number of carbonyl (C=O) groups is 1. The van der Waals surface area contributed by atoms with Gasteiger partial charge in [0.05, 0.1) is 13.7 Å². The Hall–Kier alpha value is -1.42. The fourth-order valence-corrected chi connectivity index (χ4v) is 1.24. The Bertz CT molecular complexity index is 341. The minimum atomic E-state index is -0.363. The van der Waals surface area contributed by atoms with E-state index in [0.717, 1.165) is 0 Å². The van der Waals surface area contributed by atoms with Crippen LogP contribution >= 0.6 is 0 Å². The summed E-state index contributed by atoms with van der Waals surface area (Å²) >= 11 is 0. The van der Waals surface area contributed by atoms with Crippen molar-refractivity contribution in [2.75, 3.05) is 13.7 Å². The Kier molecular flexibility index (Phi) is 4.24. The van der Waals surface area contributed by atoms with E-state index in [-0.39, 0.29) is 24.4 Å². The fraction of sp³-hybridized carbons (Fsp3) is 0.364. The molecule has 3 nitrogen and oxygen atoms in total. The Morgan fingerprint density at radius 1 is 1.53 bits per heavy atom. The third-order valence-electron chi connectivity index (χ3n) is 2.15. The molecule has 0 saturated heterocycles. The molecule has 0 aliphatic carbocycles. The second-order valence-electron chi connectivity index (χ2n) is 3.20. The second kappa shape index (κ2) is 5.46. The summed E-state index contributed by atoms with van der Waals surface area (Å²) in [6.07, 6.45) is 0. The van der Waals surface area contributed by atoms with Crippen molar-refractivity contribution in [2.24, 2.45) is 0 Å². The number of hydrogen-bond donors (Lipinski definition) is 1. The van der Waals surface area contributed by atoms with Crippen LogP contribution in [0.1, 0.15) is 18.5 Å². The lowest BCUT2D eigenvalue weighted by atomic mass is 10.1. The molecule has 1 aromatic carbocycles.